The van der Waals surface area contributed by atoms with Crippen LogP contribution >= 0.6 is 0 Å². The van der Waals surface area contributed by atoms with Crippen LogP contribution in [0.3, 0.4) is 0 Å². The summed E-state index contributed by atoms with van der Waals surface area (Å²) in [7, 11) is 0. The molecule has 0 radical (unpaired) electrons. The van der Waals surface area contributed by atoms with Gasteiger partial charge in [0.2, 0.25) is 5.91 Å². The summed E-state index contributed by atoms with van der Waals surface area (Å²) < 4.78 is 0. The Kier molecular flexibility index (Phi) is 15.0. The Balaban J connectivity index is 2.04. The number of rotatable bonds is 19. The van der Waals surface area contributed by atoms with Crippen molar-refractivity contribution in [3.63, 3.8) is 0 Å². The molecular weight excluding hydrogens is 490 g/mol. The van der Waals surface area contributed by atoms with Gasteiger partial charge < -0.3 is 15.7 Å². The average Bonchev–Trinajstić information content (AvgIpc) is 2.92. The Bertz CT molecular complexity index is 942. The van der Waals surface area contributed by atoms with Crippen molar-refractivity contribution in [1.82, 2.24) is 21.3 Å². The highest BCUT2D eigenvalue weighted by Gasteiger charge is 2.32. The third kappa shape index (κ3) is 10.9. The summed E-state index contributed by atoms with van der Waals surface area (Å²) in [6.45, 7) is 9.09. The summed E-state index contributed by atoms with van der Waals surface area (Å²) in [4.78, 5) is 26.6. The summed E-state index contributed by atoms with van der Waals surface area (Å²) in [6, 6.07) is 7.19. The van der Waals surface area contributed by atoms with Gasteiger partial charge in [0.15, 0.2) is 0 Å². The lowest BCUT2D eigenvalue weighted by Crippen LogP contribution is -2.53. The molecule has 1 amide bonds. The Morgan fingerprint density at radius 3 is 2.28 bits per heavy atom. The zero-order valence-corrected chi connectivity index (χ0v) is 24.5. The molecule has 0 fully saturated rings. The number of unbranched alkanes of at least 4 members (excludes halogenated alkanes) is 5. The summed E-state index contributed by atoms with van der Waals surface area (Å²) in [5, 5.41) is 9.86. The number of benzene rings is 1. The van der Waals surface area contributed by atoms with E-state index in [0.717, 1.165) is 60.9 Å². The Morgan fingerprint density at radius 2 is 1.64 bits per heavy atom. The Morgan fingerprint density at radius 1 is 0.974 bits per heavy atom. The molecule has 0 aromatic heterocycles. The van der Waals surface area contributed by atoms with Gasteiger partial charge in [-0.1, -0.05) is 96.2 Å². The predicted octanol–water partition coefficient (Wildman–Crippen LogP) is 5.27. The van der Waals surface area contributed by atoms with Crippen molar-refractivity contribution < 1.29 is 14.7 Å². The molecule has 218 valence electrons. The van der Waals surface area contributed by atoms with E-state index in [4.69, 9.17) is 5.73 Å². The number of allylic oxidation sites excluding steroid dienone is 2. The molecule has 0 aliphatic heterocycles. The second-order valence-electron chi connectivity index (χ2n) is 10.8. The van der Waals surface area contributed by atoms with Crippen LogP contribution in [0.4, 0.5) is 0 Å². The molecule has 1 aliphatic carbocycles. The van der Waals surface area contributed by atoms with Gasteiger partial charge in [-0.25, -0.2) is 15.6 Å². The van der Waals surface area contributed by atoms with Crippen LogP contribution in [0.2, 0.25) is 0 Å². The lowest BCUT2D eigenvalue weighted by Gasteiger charge is -2.32. The molecular formula is C31H51N5O3. The van der Waals surface area contributed by atoms with Crippen molar-refractivity contribution in [2.24, 2.45) is 11.7 Å². The first-order chi connectivity index (χ1) is 18.8. The lowest BCUT2D eigenvalue weighted by molar-refractivity contribution is -0.153. The van der Waals surface area contributed by atoms with Crippen LogP contribution in [0.5, 0.6) is 0 Å². The molecule has 0 spiro atoms. The van der Waals surface area contributed by atoms with Gasteiger partial charge in [-0.3, -0.25) is 4.79 Å². The van der Waals surface area contributed by atoms with E-state index in [1.54, 1.807) is 0 Å². The fourth-order valence-corrected chi connectivity index (χ4v) is 4.94. The van der Waals surface area contributed by atoms with Gasteiger partial charge in [0, 0.05) is 19.5 Å². The first-order valence-corrected chi connectivity index (χ1v) is 14.8. The molecule has 8 nitrogen and oxygen atoms in total. The van der Waals surface area contributed by atoms with Gasteiger partial charge in [-0.15, -0.1) is 0 Å². The minimum atomic E-state index is -0.963. The number of nitrogens with zero attached hydrogens (tertiary/aromatic N) is 1. The molecule has 2 unspecified atom stereocenters. The number of hydrogen-bond acceptors (Lipinski definition) is 6. The number of carbonyl (C=O) groups is 2. The second-order valence-corrected chi connectivity index (χ2v) is 10.8. The first kappa shape index (κ1) is 32.7. The molecule has 1 aliphatic rings. The number of hydrogen-bond donors (Lipinski definition) is 5. The SMILES string of the molecule is CCCCCCCNNNC(N)C1=CCCC=C1c1ccc(CN(C(=O)CCCC)C(C(=O)O)C(C)C)cc1. The third-order valence-corrected chi connectivity index (χ3v) is 7.15. The van der Waals surface area contributed by atoms with E-state index in [9.17, 15) is 14.7 Å². The largest absolute Gasteiger partial charge is 0.480 e. The van der Waals surface area contributed by atoms with Gasteiger partial charge in [-0.2, -0.15) is 5.53 Å². The van der Waals surface area contributed by atoms with Gasteiger partial charge in [0.05, 0.1) is 6.17 Å². The van der Waals surface area contributed by atoms with Crippen LogP contribution in [0.25, 0.3) is 5.57 Å². The standard InChI is InChI=1S/C31H51N5O3/c1-5-7-9-10-13-21-33-35-34-30(32)27-15-12-11-14-26(27)25-19-17-24(18-20-25)22-36(28(37)16-8-6-2)29(23(3)4)31(38)39/h14-15,17-20,23,29-30,33-35H,5-13,16,21-22,32H2,1-4H3,(H,38,39). The molecule has 2 atom stereocenters. The van der Waals surface area contributed by atoms with Gasteiger partial charge in [0.1, 0.15) is 6.04 Å². The minimum absolute atomic E-state index is 0.110. The van der Waals surface area contributed by atoms with Crippen LogP contribution in [-0.4, -0.2) is 40.6 Å². The molecule has 0 saturated carbocycles. The van der Waals surface area contributed by atoms with Crippen molar-refractivity contribution in [2.45, 2.75) is 111 Å². The highest BCUT2D eigenvalue weighted by molar-refractivity contribution is 5.84. The molecule has 1 aromatic carbocycles. The zero-order chi connectivity index (χ0) is 28.6. The van der Waals surface area contributed by atoms with E-state index in [2.05, 4.69) is 35.5 Å². The van der Waals surface area contributed by atoms with E-state index < -0.39 is 12.0 Å². The fourth-order valence-electron chi connectivity index (χ4n) is 4.94. The number of hydrazine groups is 2. The number of carboxylic acid groups (broad SMARTS) is 1. The summed E-state index contributed by atoms with van der Waals surface area (Å²) in [5.41, 5.74) is 20.0. The average molecular weight is 542 g/mol. The first-order valence-electron chi connectivity index (χ1n) is 14.8. The monoisotopic (exact) mass is 541 g/mol. The van der Waals surface area contributed by atoms with Crippen molar-refractivity contribution in [2.75, 3.05) is 6.54 Å². The molecule has 0 bridgehead atoms. The number of carboxylic acids is 1. The molecule has 6 N–H and O–H groups in total. The minimum Gasteiger partial charge on any atom is -0.480 e. The predicted molar refractivity (Wildman–Crippen MR) is 159 cm³/mol. The van der Waals surface area contributed by atoms with E-state index in [1.165, 1.54) is 30.6 Å². The van der Waals surface area contributed by atoms with Crippen LogP contribution < -0.4 is 22.1 Å². The van der Waals surface area contributed by atoms with Crippen LogP contribution in [0, 0.1) is 5.92 Å². The summed E-state index contributed by atoms with van der Waals surface area (Å²) in [5.74, 6) is -1.26. The van der Waals surface area contributed by atoms with E-state index in [-0.39, 0.29) is 24.5 Å². The Hall–Kier alpha value is -2.52. The van der Waals surface area contributed by atoms with Crippen LogP contribution in [0.1, 0.15) is 103 Å². The van der Waals surface area contributed by atoms with Gasteiger partial charge in [0.25, 0.3) is 0 Å². The maximum Gasteiger partial charge on any atom is 0.326 e. The quantitative estimate of drug-likeness (QED) is 0.0919. The van der Waals surface area contributed by atoms with Crippen LogP contribution in [0.15, 0.2) is 42.0 Å². The number of nitrogens with one attached hydrogen (secondary N) is 3. The number of amides is 1. The van der Waals surface area contributed by atoms with Crippen LogP contribution in [-0.2, 0) is 16.1 Å². The normalized spacial score (nSPS) is 15.0. The van der Waals surface area contributed by atoms with E-state index in [1.807, 2.05) is 45.0 Å². The van der Waals surface area contributed by atoms with Crippen molar-refractivity contribution in [1.29, 1.82) is 0 Å². The number of carbonyl (C=O) groups excluding carboxylic acids is 1. The maximum atomic E-state index is 13.0. The zero-order valence-electron chi connectivity index (χ0n) is 24.5. The molecule has 39 heavy (non-hydrogen) atoms. The Labute approximate surface area is 235 Å². The summed E-state index contributed by atoms with van der Waals surface area (Å²) >= 11 is 0. The van der Waals surface area contributed by atoms with Gasteiger partial charge in [-0.05, 0) is 53.9 Å². The van der Waals surface area contributed by atoms with Gasteiger partial charge >= 0.3 is 5.97 Å². The second kappa shape index (κ2) is 17.9. The molecule has 1 aromatic rings. The molecule has 8 heteroatoms. The molecule has 0 saturated heterocycles. The molecule has 2 rings (SSSR count). The van der Waals surface area contributed by atoms with E-state index in [0.29, 0.717) is 6.42 Å². The highest BCUT2D eigenvalue weighted by Crippen LogP contribution is 2.30. The smallest absolute Gasteiger partial charge is 0.326 e. The lowest BCUT2D eigenvalue weighted by atomic mass is 9.90. The third-order valence-electron chi connectivity index (χ3n) is 7.15. The molecule has 0 heterocycles. The maximum absolute atomic E-state index is 13.0. The summed E-state index contributed by atoms with van der Waals surface area (Å²) in [6.07, 6.45) is 14.1. The highest BCUT2D eigenvalue weighted by atomic mass is 16.4. The van der Waals surface area contributed by atoms with Crippen molar-refractivity contribution >= 4 is 17.4 Å². The number of nitrogens with two attached hydrogens (primary N) is 1. The number of aliphatic carboxylic acids is 1. The topological polar surface area (TPSA) is 120 Å². The van der Waals surface area contributed by atoms with E-state index >= 15 is 0 Å². The van der Waals surface area contributed by atoms with Crippen molar-refractivity contribution in [3.05, 3.63) is 53.1 Å². The van der Waals surface area contributed by atoms with Crippen molar-refractivity contribution in [3.8, 4) is 0 Å². The fraction of sp³-hybridized carbons (Fsp3) is 0.613.